The van der Waals surface area contributed by atoms with E-state index in [1.54, 1.807) is 23.7 Å². The summed E-state index contributed by atoms with van der Waals surface area (Å²) < 4.78 is 14.6. The van der Waals surface area contributed by atoms with Crippen molar-refractivity contribution in [2.24, 2.45) is 0 Å². The lowest BCUT2D eigenvalue weighted by molar-refractivity contribution is 0.0935. The molecule has 0 aliphatic heterocycles. The Balaban J connectivity index is 2.18. The first-order chi connectivity index (χ1) is 11.0. The van der Waals surface area contributed by atoms with Crippen LogP contribution < -0.4 is 5.32 Å². The van der Waals surface area contributed by atoms with Crippen LogP contribution in [-0.4, -0.2) is 44.9 Å². The number of aromatic nitrogens is 2. The Morgan fingerprint density at radius 3 is 2.65 bits per heavy atom. The van der Waals surface area contributed by atoms with Crippen LogP contribution in [0.4, 0.5) is 4.39 Å². The Labute approximate surface area is 138 Å². The predicted molar refractivity (Wildman–Crippen MR) is 89.6 cm³/mol. The van der Waals surface area contributed by atoms with Gasteiger partial charge in [-0.15, -0.1) is 0 Å². The number of aliphatic hydroxyl groups excluding tert-OH is 1. The van der Waals surface area contributed by atoms with Crippen LogP contribution in [0.25, 0.3) is 5.69 Å². The van der Waals surface area contributed by atoms with E-state index >= 15 is 0 Å². The lowest BCUT2D eigenvalue weighted by atomic mass is 10.2. The van der Waals surface area contributed by atoms with Gasteiger partial charge in [-0.3, -0.25) is 4.79 Å². The summed E-state index contributed by atoms with van der Waals surface area (Å²) >= 11 is 1.50. The highest BCUT2D eigenvalue weighted by Crippen LogP contribution is 2.16. The van der Waals surface area contributed by atoms with Crippen molar-refractivity contribution in [3.63, 3.8) is 0 Å². The van der Waals surface area contributed by atoms with Gasteiger partial charge < -0.3 is 10.4 Å². The Kier molecular flexibility index (Phi) is 5.79. The minimum absolute atomic E-state index is 0.00353. The average Bonchev–Trinajstić information content (AvgIpc) is 2.91. The minimum atomic E-state index is -0.322. The van der Waals surface area contributed by atoms with Crippen molar-refractivity contribution in [1.82, 2.24) is 15.1 Å². The second-order valence-corrected chi connectivity index (χ2v) is 6.33. The van der Waals surface area contributed by atoms with Crippen molar-refractivity contribution in [2.75, 3.05) is 12.9 Å². The van der Waals surface area contributed by atoms with Gasteiger partial charge in [0.2, 0.25) is 0 Å². The minimum Gasteiger partial charge on any atom is -0.395 e. The maximum absolute atomic E-state index is 13.0. The summed E-state index contributed by atoms with van der Waals surface area (Å²) in [5, 5.41) is 16.3. The maximum atomic E-state index is 13.0. The molecular formula is C16H20FN3O2S. The fourth-order valence-corrected chi connectivity index (χ4v) is 2.91. The molecule has 2 N–H and O–H groups in total. The van der Waals surface area contributed by atoms with E-state index in [4.69, 9.17) is 0 Å². The molecule has 1 amide bonds. The molecule has 23 heavy (non-hydrogen) atoms. The second-order valence-electron chi connectivity index (χ2n) is 5.25. The summed E-state index contributed by atoms with van der Waals surface area (Å²) in [5.74, 6) is -0.562. The van der Waals surface area contributed by atoms with Gasteiger partial charge in [0, 0.05) is 11.3 Å². The van der Waals surface area contributed by atoms with Crippen LogP contribution in [0, 0.1) is 12.7 Å². The number of carbonyl (C=O) groups is 1. The van der Waals surface area contributed by atoms with Crippen LogP contribution in [0.1, 0.15) is 23.0 Å². The van der Waals surface area contributed by atoms with E-state index in [-0.39, 0.29) is 29.6 Å². The SMILES string of the molecule is CSC(CO)C(C)NC(=O)c1cnn(-c2ccc(F)cc2)c1C. The van der Waals surface area contributed by atoms with E-state index in [9.17, 15) is 14.3 Å². The number of rotatable bonds is 6. The molecule has 0 saturated heterocycles. The second kappa shape index (κ2) is 7.61. The van der Waals surface area contributed by atoms with E-state index in [1.807, 2.05) is 13.2 Å². The Morgan fingerprint density at radius 2 is 2.09 bits per heavy atom. The fourth-order valence-electron chi connectivity index (χ4n) is 2.29. The summed E-state index contributed by atoms with van der Waals surface area (Å²) in [4.78, 5) is 12.4. The van der Waals surface area contributed by atoms with E-state index in [0.717, 1.165) is 0 Å². The molecule has 0 bridgehead atoms. The average molecular weight is 337 g/mol. The number of benzene rings is 1. The smallest absolute Gasteiger partial charge is 0.255 e. The number of amides is 1. The Bertz CT molecular complexity index is 668. The van der Waals surface area contributed by atoms with Crippen molar-refractivity contribution < 1.29 is 14.3 Å². The lowest BCUT2D eigenvalue weighted by Gasteiger charge is -2.21. The van der Waals surface area contributed by atoms with E-state index in [2.05, 4.69) is 10.4 Å². The van der Waals surface area contributed by atoms with Gasteiger partial charge >= 0.3 is 0 Å². The molecule has 7 heteroatoms. The van der Waals surface area contributed by atoms with Crippen LogP contribution in [0.2, 0.25) is 0 Å². The van der Waals surface area contributed by atoms with E-state index in [0.29, 0.717) is 16.9 Å². The zero-order valence-electron chi connectivity index (χ0n) is 13.3. The van der Waals surface area contributed by atoms with E-state index < -0.39 is 0 Å². The molecule has 2 aromatic rings. The zero-order valence-corrected chi connectivity index (χ0v) is 14.1. The summed E-state index contributed by atoms with van der Waals surface area (Å²) in [5.41, 5.74) is 1.82. The summed E-state index contributed by atoms with van der Waals surface area (Å²) in [6.45, 7) is 3.64. The molecule has 2 atom stereocenters. The van der Waals surface area contributed by atoms with Crippen molar-refractivity contribution in [2.45, 2.75) is 25.1 Å². The van der Waals surface area contributed by atoms with Gasteiger partial charge in [-0.05, 0) is 44.4 Å². The van der Waals surface area contributed by atoms with Crippen LogP contribution >= 0.6 is 11.8 Å². The molecule has 5 nitrogen and oxygen atoms in total. The summed E-state index contributed by atoms with van der Waals surface area (Å²) in [6, 6.07) is 5.74. The first kappa shape index (κ1) is 17.5. The van der Waals surface area contributed by atoms with Crippen LogP contribution in [0.15, 0.2) is 30.5 Å². The molecule has 0 fully saturated rings. The molecule has 124 valence electrons. The van der Waals surface area contributed by atoms with Crippen LogP contribution in [0.5, 0.6) is 0 Å². The molecule has 1 aromatic heterocycles. The third-order valence-electron chi connectivity index (χ3n) is 3.72. The molecule has 0 saturated carbocycles. The normalized spacial score (nSPS) is 13.6. The maximum Gasteiger partial charge on any atom is 0.255 e. The zero-order chi connectivity index (χ0) is 17.0. The summed E-state index contributed by atoms with van der Waals surface area (Å²) in [6.07, 6.45) is 3.38. The standard InChI is InChI=1S/C16H20FN3O2S/c1-10(15(9-21)23-3)19-16(22)14-8-18-20(11(14)2)13-6-4-12(17)5-7-13/h4-8,10,15,21H,9H2,1-3H3,(H,19,22). The van der Waals surface area contributed by atoms with Crippen LogP contribution in [-0.2, 0) is 0 Å². The van der Waals surface area contributed by atoms with Crippen molar-refractivity contribution in [3.8, 4) is 5.69 Å². The number of nitrogens with zero attached hydrogens (tertiary/aromatic N) is 2. The highest BCUT2D eigenvalue weighted by molar-refractivity contribution is 7.99. The highest BCUT2D eigenvalue weighted by atomic mass is 32.2. The van der Waals surface area contributed by atoms with Gasteiger partial charge in [0.1, 0.15) is 5.82 Å². The van der Waals surface area contributed by atoms with Crippen molar-refractivity contribution in [3.05, 3.63) is 47.5 Å². The Hall–Kier alpha value is -1.86. The van der Waals surface area contributed by atoms with Crippen molar-refractivity contribution >= 4 is 17.7 Å². The predicted octanol–water partition coefficient (Wildman–Crippen LogP) is 2.16. The number of nitrogens with one attached hydrogen (secondary N) is 1. The van der Waals surface area contributed by atoms with Gasteiger partial charge in [0.15, 0.2) is 0 Å². The number of hydrogen-bond donors (Lipinski definition) is 2. The molecule has 2 unspecified atom stereocenters. The molecular weight excluding hydrogens is 317 g/mol. The van der Waals surface area contributed by atoms with Crippen molar-refractivity contribution in [1.29, 1.82) is 0 Å². The third-order valence-corrected chi connectivity index (χ3v) is 4.89. The molecule has 2 rings (SSSR count). The number of aliphatic hydroxyl groups is 1. The highest BCUT2D eigenvalue weighted by Gasteiger charge is 2.21. The van der Waals surface area contributed by atoms with Gasteiger partial charge in [-0.1, -0.05) is 0 Å². The quantitative estimate of drug-likeness (QED) is 0.848. The first-order valence-electron chi connectivity index (χ1n) is 7.23. The monoisotopic (exact) mass is 337 g/mol. The Morgan fingerprint density at radius 1 is 1.43 bits per heavy atom. The van der Waals surface area contributed by atoms with Crippen LogP contribution in [0.3, 0.4) is 0 Å². The largest absolute Gasteiger partial charge is 0.395 e. The number of thioether (sulfide) groups is 1. The molecule has 0 aliphatic carbocycles. The third kappa shape index (κ3) is 3.92. The molecule has 0 radical (unpaired) electrons. The molecule has 0 spiro atoms. The lowest BCUT2D eigenvalue weighted by Crippen LogP contribution is -2.41. The topological polar surface area (TPSA) is 67.2 Å². The first-order valence-corrected chi connectivity index (χ1v) is 8.51. The van der Waals surface area contributed by atoms with Gasteiger partial charge in [-0.2, -0.15) is 16.9 Å². The van der Waals surface area contributed by atoms with Gasteiger partial charge in [0.25, 0.3) is 5.91 Å². The van der Waals surface area contributed by atoms with E-state index in [1.165, 1.54) is 30.1 Å². The molecule has 0 aliphatic rings. The number of hydrogen-bond acceptors (Lipinski definition) is 4. The van der Waals surface area contributed by atoms with Gasteiger partial charge in [0.05, 0.1) is 29.7 Å². The summed E-state index contributed by atoms with van der Waals surface area (Å²) in [7, 11) is 0. The fraction of sp³-hybridized carbons (Fsp3) is 0.375. The molecule has 1 heterocycles. The molecule has 1 aromatic carbocycles. The van der Waals surface area contributed by atoms with Gasteiger partial charge in [-0.25, -0.2) is 9.07 Å². The number of halogens is 1. The number of carbonyl (C=O) groups excluding carboxylic acids is 1.